The van der Waals surface area contributed by atoms with Gasteiger partial charge in [-0.05, 0) is 48.4 Å². The number of nitrogens with one attached hydrogen (secondary N) is 2. The Bertz CT molecular complexity index is 993. The summed E-state index contributed by atoms with van der Waals surface area (Å²) >= 11 is 0. The molecule has 0 saturated carbocycles. The third kappa shape index (κ3) is 5.77. The predicted molar refractivity (Wildman–Crippen MR) is 126 cm³/mol. The molecule has 1 saturated heterocycles. The number of halogens is 1. The first-order valence-corrected chi connectivity index (χ1v) is 11.8. The van der Waals surface area contributed by atoms with Crippen molar-refractivity contribution < 1.29 is 23.5 Å². The summed E-state index contributed by atoms with van der Waals surface area (Å²) in [7, 11) is 0. The largest absolute Gasteiger partial charge is 0.454 e. The van der Waals surface area contributed by atoms with Gasteiger partial charge in [0, 0.05) is 45.0 Å². The normalized spacial score (nSPS) is 16.2. The van der Waals surface area contributed by atoms with Crippen molar-refractivity contribution in [2.75, 3.05) is 51.0 Å². The first-order valence-electron chi connectivity index (χ1n) is 11.8. The van der Waals surface area contributed by atoms with Crippen LogP contribution >= 0.6 is 0 Å². The first kappa shape index (κ1) is 23.8. The van der Waals surface area contributed by atoms with Gasteiger partial charge in [0.1, 0.15) is 5.82 Å². The van der Waals surface area contributed by atoms with E-state index in [0.717, 1.165) is 50.3 Å². The Hall–Kier alpha value is -3.33. The van der Waals surface area contributed by atoms with Gasteiger partial charge >= 0.3 is 11.8 Å². The van der Waals surface area contributed by atoms with Crippen LogP contribution in [0.3, 0.4) is 0 Å². The summed E-state index contributed by atoms with van der Waals surface area (Å²) in [4.78, 5) is 29.0. The van der Waals surface area contributed by atoms with E-state index in [9.17, 15) is 14.0 Å². The number of rotatable bonds is 8. The molecule has 0 unspecified atom stereocenters. The third-order valence-electron chi connectivity index (χ3n) is 6.21. The van der Waals surface area contributed by atoms with Crippen molar-refractivity contribution in [3.8, 4) is 11.5 Å². The second-order valence-corrected chi connectivity index (χ2v) is 8.45. The zero-order valence-corrected chi connectivity index (χ0v) is 19.4. The molecule has 2 aromatic rings. The van der Waals surface area contributed by atoms with Crippen LogP contribution in [0.2, 0.25) is 0 Å². The van der Waals surface area contributed by atoms with E-state index in [1.165, 1.54) is 12.1 Å². The van der Waals surface area contributed by atoms with E-state index in [1.54, 1.807) is 12.1 Å². The quantitative estimate of drug-likeness (QED) is 0.456. The highest BCUT2D eigenvalue weighted by molar-refractivity contribution is 6.35. The van der Waals surface area contributed by atoms with Crippen LogP contribution in [0.4, 0.5) is 10.1 Å². The molecule has 1 fully saturated rings. The van der Waals surface area contributed by atoms with Gasteiger partial charge in [-0.2, -0.15) is 0 Å². The van der Waals surface area contributed by atoms with E-state index in [1.807, 2.05) is 25.1 Å². The highest BCUT2D eigenvalue weighted by atomic mass is 19.1. The van der Waals surface area contributed by atoms with E-state index in [-0.39, 0.29) is 25.2 Å². The zero-order chi connectivity index (χ0) is 23.9. The molecule has 8 nitrogen and oxygen atoms in total. The van der Waals surface area contributed by atoms with Crippen LogP contribution in [0.1, 0.15) is 31.4 Å². The predicted octanol–water partition coefficient (Wildman–Crippen LogP) is 2.45. The molecule has 182 valence electrons. The van der Waals surface area contributed by atoms with Crippen LogP contribution in [-0.4, -0.2) is 62.8 Å². The summed E-state index contributed by atoms with van der Waals surface area (Å²) in [6.07, 6.45) is 1.77. The Morgan fingerprint density at radius 3 is 2.41 bits per heavy atom. The lowest BCUT2D eigenvalue weighted by atomic mass is 10.0. The molecule has 2 amide bonds. The molecule has 2 aliphatic heterocycles. The molecule has 0 radical (unpaired) electrons. The lowest BCUT2D eigenvalue weighted by molar-refractivity contribution is -0.139. The monoisotopic (exact) mass is 470 g/mol. The number of unbranched alkanes of at least 4 members (excludes halogenated alkanes) is 1. The van der Waals surface area contributed by atoms with Crippen molar-refractivity contribution >= 4 is 17.5 Å². The van der Waals surface area contributed by atoms with Gasteiger partial charge in [0.05, 0.1) is 6.04 Å². The number of carbonyl (C=O) groups is 2. The number of hydrogen-bond acceptors (Lipinski definition) is 6. The fraction of sp³-hybridized carbons (Fsp3) is 0.440. The third-order valence-corrected chi connectivity index (χ3v) is 6.21. The number of piperazine rings is 1. The standard InChI is InChI=1S/C25H31FN4O4/c1-2-3-10-27-24(31)25(32)28-16-21(18-4-9-22-23(15-18)34-17-33-22)30-13-11-29(12-14-30)20-7-5-19(26)6-8-20/h4-9,15,21H,2-3,10-14,16-17H2,1H3,(H,27,31)(H,28,32)/t21-/m1/s1. The average Bonchev–Trinajstić information content (AvgIpc) is 3.33. The van der Waals surface area contributed by atoms with Crippen LogP contribution in [0.15, 0.2) is 42.5 Å². The van der Waals surface area contributed by atoms with Gasteiger partial charge < -0.3 is 25.0 Å². The Labute approximate surface area is 199 Å². The van der Waals surface area contributed by atoms with Gasteiger partial charge in [0.15, 0.2) is 11.5 Å². The minimum Gasteiger partial charge on any atom is -0.454 e. The maximum atomic E-state index is 13.3. The van der Waals surface area contributed by atoms with Crippen LogP contribution in [-0.2, 0) is 9.59 Å². The van der Waals surface area contributed by atoms with Crippen LogP contribution in [0, 0.1) is 5.82 Å². The van der Waals surface area contributed by atoms with Crippen LogP contribution in [0.25, 0.3) is 0 Å². The molecule has 0 spiro atoms. The van der Waals surface area contributed by atoms with Crippen molar-refractivity contribution in [3.05, 3.63) is 53.8 Å². The van der Waals surface area contributed by atoms with Crippen molar-refractivity contribution in [2.45, 2.75) is 25.8 Å². The summed E-state index contributed by atoms with van der Waals surface area (Å²) in [6.45, 7) is 6.00. The van der Waals surface area contributed by atoms with Crippen molar-refractivity contribution in [1.82, 2.24) is 15.5 Å². The zero-order valence-electron chi connectivity index (χ0n) is 19.4. The number of benzene rings is 2. The second kappa shape index (κ2) is 11.2. The summed E-state index contributed by atoms with van der Waals surface area (Å²) in [5.74, 6) is -0.121. The molecule has 1 atom stereocenters. The molecule has 0 aliphatic carbocycles. The summed E-state index contributed by atoms with van der Waals surface area (Å²) in [5, 5.41) is 5.46. The molecule has 2 aliphatic rings. The van der Waals surface area contributed by atoms with Crippen molar-refractivity contribution in [2.24, 2.45) is 0 Å². The fourth-order valence-corrected chi connectivity index (χ4v) is 4.25. The SMILES string of the molecule is CCCCNC(=O)C(=O)NC[C@H](c1ccc2c(c1)OCO2)N1CCN(c2ccc(F)cc2)CC1. The number of ether oxygens (including phenoxy) is 2. The molecular formula is C25H31FN4O4. The Morgan fingerprint density at radius 2 is 1.68 bits per heavy atom. The number of amides is 2. The van der Waals surface area contributed by atoms with E-state index in [2.05, 4.69) is 20.4 Å². The van der Waals surface area contributed by atoms with Gasteiger partial charge in [-0.3, -0.25) is 14.5 Å². The number of nitrogens with zero attached hydrogens (tertiary/aromatic N) is 2. The van der Waals surface area contributed by atoms with Gasteiger partial charge in [0.2, 0.25) is 6.79 Å². The molecule has 9 heteroatoms. The number of hydrogen-bond donors (Lipinski definition) is 2. The van der Waals surface area contributed by atoms with E-state index in [0.29, 0.717) is 18.0 Å². The highest BCUT2D eigenvalue weighted by Gasteiger charge is 2.28. The maximum absolute atomic E-state index is 13.3. The topological polar surface area (TPSA) is 83.1 Å². The minimum absolute atomic E-state index is 0.141. The van der Waals surface area contributed by atoms with E-state index >= 15 is 0 Å². The number of anilines is 1. The molecule has 2 N–H and O–H groups in total. The Morgan fingerprint density at radius 1 is 0.971 bits per heavy atom. The minimum atomic E-state index is -0.633. The summed E-state index contributed by atoms with van der Waals surface area (Å²) in [6, 6.07) is 12.2. The van der Waals surface area contributed by atoms with Gasteiger partial charge in [-0.25, -0.2) is 4.39 Å². The smallest absolute Gasteiger partial charge is 0.309 e. The number of fused-ring (bicyclic) bond motifs is 1. The molecule has 4 rings (SSSR count). The second-order valence-electron chi connectivity index (χ2n) is 8.45. The Kier molecular flexibility index (Phi) is 7.84. The van der Waals surface area contributed by atoms with Gasteiger partial charge in [0.25, 0.3) is 0 Å². The maximum Gasteiger partial charge on any atom is 0.309 e. The molecular weight excluding hydrogens is 439 g/mol. The van der Waals surface area contributed by atoms with Crippen LogP contribution < -0.4 is 25.0 Å². The number of carbonyl (C=O) groups excluding carboxylic acids is 2. The van der Waals surface area contributed by atoms with E-state index in [4.69, 9.17) is 9.47 Å². The highest BCUT2D eigenvalue weighted by Crippen LogP contribution is 2.35. The van der Waals surface area contributed by atoms with Crippen molar-refractivity contribution in [1.29, 1.82) is 0 Å². The molecule has 0 aromatic heterocycles. The fourth-order valence-electron chi connectivity index (χ4n) is 4.25. The van der Waals surface area contributed by atoms with E-state index < -0.39 is 11.8 Å². The summed E-state index contributed by atoms with van der Waals surface area (Å²) in [5.41, 5.74) is 1.96. The molecule has 34 heavy (non-hydrogen) atoms. The average molecular weight is 471 g/mol. The first-order chi connectivity index (χ1) is 16.5. The molecule has 2 aromatic carbocycles. The van der Waals surface area contributed by atoms with Gasteiger partial charge in [-0.15, -0.1) is 0 Å². The molecule has 0 bridgehead atoms. The van der Waals surface area contributed by atoms with Crippen LogP contribution in [0.5, 0.6) is 11.5 Å². The molecule has 2 heterocycles. The Balaban J connectivity index is 1.43. The lowest BCUT2D eigenvalue weighted by Gasteiger charge is -2.40. The summed E-state index contributed by atoms with van der Waals surface area (Å²) < 4.78 is 24.3. The van der Waals surface area contributed by atoms with Gasteiger partial charge in [-0.1, -0.05) is 19.4 Å². The lowest BCUT2D eigenvalue weighted by Crippen LogP contribution is -2.51. The van der Waals surface area contributed by atoms with Crippen molar-refractivity contribution in [3.63, 3.8) is 0 Å².